The van der Waals surface area contributed by atoms with Crippen molar-refractivity contribution in [2.24, 2.45) is 51.2 Å². The maximum atomic E-state index is 13.0. The van der Waals surface area contributed by atoms with Crippen LogP contribution in [0.2, 0.25) is 0 Å². The number of allylic oxidation sites excluding steroid dienone is 2. The number of hydrogen-bond donors (Lipinski definition) is 3. The van der Waals surface area contributed by atoms with E-state index in [2.05, 4.69) is 64.8 Å². The maximum absolute atomic E-state index is 13.0. The smallest absolute Gasteiger partial charge is 0.310 e. The molecule has 1 aromatic heterocycles. The van der Waals surface area contributed by atoms with Gasteiger partial charge in [-0.15, -0.1) is 0 Å². The van der Waals surface area contributed by atoms with Gasteiger partial charge in [0.1, 0.15) is 0 Å². The fraction of sp³-hybridized carbons (Fsp3) is 0.771. The first kappa shape index (κ1) is 29.6. The summed E-state index contributed by atoms with van der Waals surface area (Å²) in [6.45, 7) is 17.3. The minimum atomic E-state index is -0.834. The van der Waals surface area contributed by atoms with Gasteiger partial charge in [0, 0.05) is 18.2 Å². The first-order chi connectivity index (χ1) is 19.6. The van der Waals surface area contributed by atoms with Crippen LogP contribution < -0.4 is 5.32 Å². The lowest BCUT2D eigenvalue weighted by molar-refractivity contribution is -0.179. The molecule has 230 valence electrons. The van der Waals surface area contributed by atoms with Gasteiger partial charge in [0.2, 0.25) is 5.95 Å². The molecule has 3 N–H and O–H groups in total. The van der Waals surface area contributed by atoms with Gasteiger partial charge in [0.15, 0.2) is 0 Å². The summed E-state index contributed by atoms with van der Waals surface area (Å²) >= 11 is 0. The van der Waals surface area contributed by atoms with Crippen LogP contribution in [0.3, 0.4) is 0 Å². The van der Waals surface area contributed by atoms with E-state index in [1.807, 2.05) is 6.20 Å². The summed E-state index contributed by atoms with van der Waals surface area (Å²) in [5.41, 5.74) is 3.22. The number of carboxylic acid groups (broad SMARTS) is 2. The Morgan fingerprint density at radius 1 is 1.00 bits per heavy atom. The number of nitrogens with one attached hydrogen (secondary N) is 1. The van der Waals surface area contributed by atoms with Crippen molar-refractivity contribution in [3.05, 3.63) is 29.1 Å². The molecule has 5 aliphatic carbocycles. The molecule has 0 amide bonds. The average molecular weight is 578 g/mol. The van der Waals surface area contributed by atoms with Gasteiger partial charge in [0.05, 0.1) is 17.5 Å². The molecule has 3 saturated carbocycles. The second-order valence-electron chi connectivity index (χ2n) is 16.1. The number of nitrogens with zero attached hydrogens (tertiary/aromatic N) is 2. The van der Waals surface area contributed by atoms with E-state index in [0.29, 0.717) is 36.2 Å². The van der Waals surface area contributed by atoms with Crippen molar-refractivity contribution in [1.82, 2.24) is 9.97 Å². The van der Waals surface area contributed by atoms with Crippen LogP contribution in [0.25, 0.3) is 0 Å². The topological polar surface area (TPSA) is 112 Å². The zero-order chi connectivity index (χ0) is 30.5. The zero-order valence-electron chi connectivity index (χ0n) is 26.7. The van der Waals surface area contributed by atoms with Gasteiger partial charge in [0.25, 0.3) is 0 Å². The molecule has 1 aromatic rings. The minimum Gasteiger partial charge on any atom is -0.481 e. The SMILES string of the molecule is CC1CCC2(C(=O)O)CCC3(C)C(=CCC4C5(C)Cc6cnc(NCCC(=O)O)nc6C(C)(C)C5CCC43C)C2C1C. The van der Waals surface area contributed by atoms with E-state index in [-0.39, 0.29) is 34.0 Å². The molecule has 3 fully saturated rings. The molecule has 0 spiro atoms. The van der Waals surface area contributed by atoms with Crippen LogP contribution in [-0.4, -0.2) is 38.7 Å². The van der Waals surface area contributed by atoms with Crippen LogP contribution in [0.5, 0.6) is 0 Å². The Morgan fingerprint density at radius 3 is 2.43 bits per heavy atom. The first-order valence-corrected chi connectivity index (χ1v) is 16.4. The van der Waals surface area contributed by atoms with Gasteiger partial charge >= 0.3 is 11.9 Å². The fourth-order valence-corrected chi connectivity index (χ4v) is 11.7. The van der Waals surface area contributed by atoms with Gasteiger partial charge < -0.3 is 15.5 Å². The van der Waals surface area contributed by atoms with Crippen molar-refractivity contribution in [1.29, 1.82) is 0 Å². The van der Waals surface area contributed by atoms with Crippen molar-refractivity contribution in [2.45, 2.75) is 112 Å². The van der Waals surface area contributed by atoms with Crippen molar-refractivity contribution < 1.29 is 19.8 Å². The first-order valence-electron chi connectivity index (χ1n) is 16.4. The normalized spacial score (nSPS) is 43.4. The summed E-state index contributed by atoms with van der Waals surface area (Å²) in [4.78, 5) is 33.6. The third-order valence-electron chi connectivity index (χ3n) is 14.2. The molecule has 0 saturated heterocycles. The van der Waals surface area contributed by atoms with Crippen LogP contribution in [0.15, 0.2) is 17.8 Å². The highest BCUT2D eigenvalue weighted by atomic mass is 16.4. The quantitative estimate of drug-likeness (QED) is 0.319. The molecule has 5 aliphatic rings. The lowest BCUT2D eigenvalue weighted by Crippen LogP contribution is -2.65. The summed E-state index contributed by atoms with van der Waals surface area (Å²) in [7, 11) is 0. The number of aliphatic carboxylic acids is 2. The van der Waals surface area contributed by atoms with Crippen LogP contribution in [0.1, 0.15) is 111 Å². The van der Waals surface area contributed by atoms with Crippen molar-refractivity contribution in [3.8, 4) is 0 Å². The van der Waals surface area contributed by atoms with Crippen molar-refractivity contribution in [3.63, 3.8) is 0 Å². The summed E-state index contributed by atoms with van der Waals surface area (Å²) in [5.74, 6) is 1.12. The number of hydrogen-bond acceptors (Lipinski definition) is 5. The number of rotatable bonds is 5. The van der Waals surface area contributed by atoms with Gasteiger partial charge in [-0.1, -0.05) is 60.1 Å². The second-order valence-corrected chi connectivity index (χ2v) is 16.1. The van der Waals surface area contributed by atoms with E-state index in [9.17, 15) is 14.7 Å². The standard InChI is InChI=1S/C35H51N3O4/c1-20-10-14-35(29(41)42)16-15-33(6)23(27(35)21(20)2)8-9-25-32(5)18-22-19-37-30(36-17-12-26(39)40)38-28(22)31(3,4)24(32)11-13-34(25,33)7/h8,19-21,24-25,27H,9-18H2,1-7H3,(H,39,40)(H,41,42)(H,36,37,38). The van der Waals surface area contributed by atoms with Crippen LogP contribution >= 0.6 is 0 Å². The van der Waals surface area contributed by atoms with Crippen molar-refractivity contribution >= 4 is 17.9 Å². The van der Waals surface area contributed by atoms with E-state index in [1.165, 1.54) is 11.1 Å². The fourth-order valence-electron chi connectivity index (χ4n) is 11.7. The summed E-state index contributed by atoms with van der Waals surface area (Å²) in [6, 6.07) is 0. The maximum Gasteiger partial charge on any atom is 0.310 e. The Kier molecular flexibility index (Phi) is 6.72. The molecule has 0 radical (unpaired) electrons. The number of anilines is 1. The van der Waals surface area contributed by atoms with Gasteiger partial charge in [-0.25, -0.2) is 9.97 Å². The third-order valence-corrected chi connectivity index (χ3v) is 14.2. The molecule has 0 aliphatic heterocycles. The highest BCUT2D eigenvalue weighted by molar-refractivity contribution is 5.76. The number of aromatic nitrogens is 2. The van der Waals surface area contributed by atoms with Crippen LogP contribution in [0, 0.1) is 51.2 Å². The monoisotopic (exact) mass is 577 g/mol. The molecule has 0 bridgehead atoms. The highest BCUT2D eigenvalue weighted by Gasteiger charge is 2.69. The highest BCUT2D eigenvalue weighted by Crippen LogP contribution is 2.75. The van der Waals surface area contributed by atoms with Gasteiger partial charge in [-0.05, 0) is 103 Å². The Balaban J connectivity index is 1.39. The Hall–Kier alpha value is -2.44. The predicted octanol–water partition coefficient (Wildman–Crippen LogP) is 7.12. The number of carboxylic acids is 2. The van der Waals surface area contributed by atoms with E-state index in [1.54, 1.807) is 0 Å². The molecule has 7 nitrogen and oxygen atoms in total. The number of carbonyl (C=O) groups is 2. The van der Waals surface area contributed by atoms with Crippen LogP contribution in [0.4, 0.5) is 5.95 Å². The predicted molar refractivity (Wildman–Crippen MR) is 163 cm³/mol. The lowest BCUT2D eigenvalue weighted by atomic mass is 9.33. The van der Waals surface area contributed by atoms with E-state index in [4.69, 9.17) is 10.1 Å². The van der Waals surface area contributed by atoms with Gasteiger partial charge in [-0.2, -0.15) is 0 Å². The molecule has 7 heteroatoms. The van der Waals surface area contributed by atoms with Gasteiger partial charge in [-0.3, -0.25) is 9.59 Å². The summed E-state index contributed by atoms with van der Waals surface area (Å²) in [5, 5.41) is 22.8. The molecular weight excluding hydrogens is 526 g/mol. The van der Waals surface area contributed by atoms with E-state index in [0.717, 1.165) is 57.1 Å². The van der Waals surface area contributed by atoms with Crippen molar-refractivity contribution in [2.75, 3.05) is 11.9 Å². The second kappa shape index (κ2) is 9.53. The Morgan fingerprint density at radius 2 is 1.74 bits per heavy atom. The molecule has 9 unspecified atom stereocenters. The minimum absolute atomic E-state index is 0.00231. The largest absolute Gasteiger partial charge is 0.481 e. The molecule has 0 aromatic carbocycles. The number of fused-ring (bicyclic) bond motifs is 8. The molecule has 1 heterocycles. The third kappa shape index (κ3) is 3.83. The molecule has 9 atom stereocenters. The molecule has 42 heavy (non-hydrogen) atoms. The summed E-state index contributed by atoms with van der Waals surface area (Å²) < 4.78 is 0. The molecule has 6 rings (SSSR count). The van der Waals surface area contributed by atoms with Crippen LogP contribution in [-0.2, 0) is 21.4 Å². The van der Waals surface area contributed by atoms with E-state index < -0.39 is 17.4 Å². The Bertz CT molecular complexity index is 1340. The molecular formula is C35H51N3O4. The summed E-state index contributed by atoms with van der Waals surface area (Å²) in [6.07, 6.45) is 12.4. The lowest BCUT2D eigenvalue weighted by Gasteiger charge is -2.70. The average Bonchev–Trinajstić information content (AvgIpc) is 2.91. The zero-order valence-corrected chi connectivity index (χ0v) is 26.7. The van der Waals surface area contributed by atoms with E-state index >= 15 is 0 Å². The Labute approximate surface area is 251 Å².